The Morgan fingerprint density at radius 1 is 1.36 bits per heavy atom. The number of anilines is 3. The zero-order chi connectivity index (χ0) is 18.7. The number of aryl methyl sites for hydroxylation is 1. The molecule has 1 aromatic carbocycles. The third-order valence-electron chi connectivity index (χ3n) is 3.81. The largest absolute Gasteiger partial charge is 0.478 e. The number of carboxylic acid groups (broad SMARTS) is 1. The van der Waals surface area contributed by atoms with Gasteiger partial charge in [-0.3, -0.25) is 0 Å². The molecule has 0 saturated heterocycles. The molecule has 2 rings (SSSR count). The summed E-state index contributed by atoms with van der Waals surface area (Å²) in [6, 6.07) is 6.36. The van der Waals surface area contributed by atoms with Crippen molar-refractivity contribution in [3.05, 3.63) is 46.2 Å². The van der Waals surface area contributed by atoms with Gasteiger partial charge in [0.15, 0.2) is 0 Å². The van der Waals surface area contributed by atoms with Crippen molar-refractivity contribution in [2.75, 3.05) is 16.8 Å². The van der Waals surface area contributed by atoms with E-state index in [1.807, 2.05) is 6.92 Å². The lowest BCUT2D eigenvalue weighted by Crippen LogP contribution is -2.31. The molecule has 0 bridgehead atoms. The van der Waals surface area contributed by atoms with E-state index >= 15 is 0 Å². The molecule has 2 N–H and O–H groups in total. The molecular formula is C18H21ClFN3O2. The molecule has 0 atom stereocenters. The van der Waals surface area contributed by atoms with Gasteiger partial charge in [-0.25, -0.2) is 14.2 Å². The number of hydrogen-bond donors (Lipinski definition) is 2. The molecule has 0 unspecified atom stereocenters. The van der Waals surface area contributed by atoms with E-state index in [-0.39, 0.29) is 11.6 Å². The number of nitrogens with one attached hydrogen (secondary N) is 1. The fourth-order valence-electron chi connectivity index (χ4n) is 2.72. The number of rotatable bonds is 6. The maximum atomic E-state index is 14.0. The van der Waals surface area contributed by atoms with Crippen LogP contribution in [0.3, 0.4) is 0 Å². The van der Waals surface area contributed by atoms with Crippen LogP contribution in [0.4, 0.5) is 21.7 Å². The first-order chi connectivity index (χ1) is 11.7. The van der Waals surface area contributed by atoms with Crippen LogP contribution in [0.2, 0.25) is 5.02 Å². The fourth-order valence-corrected chi connectivity index (χ4v) is 2.92. The first-order valence-corrected chi connectivity index (χ1v) is 8.35. The molecule has 0 fully saturated rings. The van der Waals surface area contributed by atoms with Crippen LogP contribution in [0.15, 0.2) is 24.3 Å². The Morgan fingerprint density at radius 3 is 2.56 bits per heavy atom. The standard InChI is InChI=1S/C18H21ClFN3O2/c1-5-23(10(2)3)16-8-12(19)7-15(22-16)21-13-6-11(4)17(18(24)25)14(20)9-13/h6-10H,5H2,1-4H3,(H,21,22)(H,24,25). The van der Waals surface area contributed by atoms with Gasteiger partial charge in [0.2, 0.25) is 0 Å². The second-order valence-electron chi connectivity index (χ2n) is 5.99. The normalized spacial score (nSPS) is 10.8. The molecular weight excluding hydrogens is 345 g/mol. The Hall–Kier alpha value is -2.34. The molecule has 0 radical (unpaired) electrons. The molecule has 1 heterocycles. The van der Waals surface area contributed by atoms with Gasteiger partial charge < -0.3 is 15.3 Å². The fraction of sp³-hybridized carbons (Fsp3) is 0.333. The minimum absolute atomic E-state index is 0.248. The topological polar surface area (TPSA) is 65.5 Å². The zero-order valence-corrected chi connectivity index (χ0v) is 15.4. The first kappa shape index (κ1) is 19.0. The number of halogens is 2. The maximum absolute atomic E-state index is 14.0. The summed E-state index contributed by atoms with van der Waals surface area (Å²) in [4.78, 5) is 17.7. The van der Waals surface area contributed by atoms with Gasteiger partial charge in [0.1, 0.15) is 17.5 Å². The Bertz CT molecular complexity index is 773. The van der Waals surface area contributed by atoms with Gasteiger partial charge in [-0.15, -0.1) is 0 Å². The van der Waals surface area contributed by atoms with E-state index in [1.165, 1.54) is 0 Å². The zero-order valence-electron chi connectivity index (χ0n) is 14.6. The lowest BCUT2D eigenvalue weighted by atomic mass is 10.1. The van der Waals surface area contributed by atoms with Crippen LogP contribution >= 0.6 is 11.6 Å². The Kier molecular flexibility index (Phi) is 5.85. The van der Waals surface area contributed by atoms with E-state index < -0.39 is 11.8 Å². The molecule has 0 spiro atoms. The SMILES string of the molecule is CCN(c1cc(Cl)cc(Nc2cc(C)c(C(=O)O)c(F)c2)n1)C(C)C. The van der Waals surface area contributed by atoms with Crippen LogP contribution in [0, 0.1) is 12.7 Å². The Morgan fingerprint density at radius 2 is 2.04 bits per heavy atom. The molecule has 7 heteroatoms. The summed E-state index contributed by atoms with van der Waals surface area (Å²) in [6.07, 6.45) is 0. The number of nitrogens with zero attached hydrogens (tertiary/aromatic N) is 2. The number of hydrogen-bond acceptors (Lipinski definition) is 4. The quantitative estimate of drug-likeness (QED) is 0.765. The number of benzene rings is 1. The second kappa shape index (κ2) is 7.70. The first-order valence-electron chi connectivity index (χ1n) is 7.97. The summed E-state index contributed by atoms with van der Waals surface area (Å²) >= 11 is 6.19. The summed E-state index contributed by atoms with van der Waals surface area (Å²) in [5, 5.41) is 12.5. The molecule has 5 nitrogen and oxygen atoms in total. The molecule has 0 aliphatic carbocycles. The van der Waals surface area contributed by atoms with Gasteiger partial charge in [0, 0.05) is 23.3 Å². The predicted molar refractivity (Wildman–Crippen MR) is 98.8 cm³/mol. The number of aromatic nitrogens is 1. The smallest absolute Gasteiger partial charge is 0.338 e. The van der Waals surface area contributed by atoms with Gasteiger partial charge in [-0.2, -0.15) is 0 Å². The number of carbonyl (C=O) groups is 1. The van der Waals surface area contributed by atoms with Crippen LogP contribution in [0.5, 0.6) is 0 Å². The number of aromatic carboxylic acids is 1. The minimum atomic E-state index is -1.29. The molecule has 134 valence electrons. The highest BCUT2D eigenvalue weighted by atomic mass is 35.5. The summed E-state index contributed by atoms with van der Waals surface area (Å²) in [5.74, 6) is -0.912. The highest BCUT2D eigenvalue weighted by Crippen LogP contribution is 2.27. The average Bonchev–Trinajstić information content (AvgIpc) is 2.45. The van der Waals surface area contributed by atoms with Crippen molar-refractivity contribution in [3.63, 3.8) is 0 Å². The molecule has 2 aromatic rings. The van der Waals surface area contributed by atoms with E-state index in [1.54, 1.807) is 25.1 Å². The molecule has 0 saturated carbocycles. The van der Waals surface area contributed by atoms with Gasteiger partial charge in [0.05, 0.1) is 5.56 Å². The highest BCUT2D eigenvalue weighted by Gasteiger charge is 2.16. The predicted octanol–water partition coefficient (Wildman–Crippen LogP) is 4.86. The van der Waals surface area contributed by atoms with Gasteiger partial charge in [0.25, 0.3) is 0 Å². The summed E-state index contributed by atoms with van der Waals surface area (Å²) < 4.78 is 14.0. The molecule has 25 heavy (non-hydrogen) atoms. The highest BCUT2D eigenvalue weighted by molar-refractivity contribution is 6.31. The maximum Gasteiger partial charge on any atom is 0.338 e. The second-order valence-corrected chi connectivity index (χ2v) is 6.43. The molecule has 0 amide bonds. The van der Waals surface area contributed by atoms with Gasteiger partial charge in [-0.05, 0) is 57.5 Å². The molecule has 1 aromatic heterocycles. The van der Waals surface area contributed by atoms with Crippen LogP contribution in [-0.2, 0) is 0 Å². The van der Waals surface area contributed by atoms with Crippen LogP contribution < -0.4 is 10.2 Å². The van der Waals surface area contributed by atoms with Crippen molar-refractivity contribution in [1.29, 1.82) is 0 Å². The monoisotopic (exact) mass is 365 g/mol. The van der Waals surface area contributed by atoms with E-state index in [4.69, 9.17) is 16.7 Å². The van der Waals surface area contributed by atoms with Crippen LogP contribution in [0.25, 0.3) is 0 Å². The minimum Gasteiger partial charge on any atom is -0.478 e. The van der Waals surface area contributed by atoms with Crippen LogP contribution in [-0.4, -0.2) is 28.6 Å². The summed E-state index contributed by atoms with van der Waals surface area (Å²) in [5.41, 5.74) is 0.408. The third-order valence-corrected chi connectivity index (χ3v) is 4.03. The van der Waals surface area contributed by atoms with Crippen molar-refractivity contribution in [2.45, 2.75) is 33.7 Å². The van der Waals surface area contributed by atoms with Crippen molar-refractivity contribution < 1.29 is 14.3 Å². The third kappa shape index (κ3) is 4.39. The lowest BCUT2D eigenvalue weighted by Gasteiger charge is -2.27. The van der Waals surface area contributed by atoms with E-state index in [9.17, 15) is 9.18 Å². The van der Waals surface area contributed by atoms with Crippen molar-refractivity contribution in [1.82, 2.24) is 4.98 Å². The van der Waals surface area contributed by atoms with Crippen molar-refractivity contribution >= 4 is 34.9 Å². The average molecular weight is 366 g/mol. The van der Waals surface area contributed by atoms with Gasteiger partial charge in [-0.1, -0.05) is 11.6 Å². The molecule has 0 aliphatic rings. The van der Waals surface area contributed by atoms with Crippen molar-refractivity contribution in [3.8, 4) is 0 Å². The Balaban J connectivity index is 2.38. The molecule has 0 aliphatic heterocycles. The van der Waals surface area contributed by atoms with E-state index in [2.05, 4.69) is 29.0 Å². The van der Waals surface area contributed by atoms with E-state index in [0.717, 1.165) is 12.6 Å². The number of pyridine rings is 1. The summed E-state index contributed by atoms with van der Waals surface area (Å²) in [7, 11) is 0. The lowest BCUT2D eigenvalue weighted by molar-refractivity contribution is 0.0691. The Labute approximate surface area is 151 Å². The van der Waals surface area contributed by atoms with Gasteiger partial charge >= 0.3 is 5.97 Å². The summed E-state index contributed by atoms with van der Waals surface area (Å²) in [6.45, 7) is 8.46. The number of carboxylic acids is 1. The van der Waals surface area contributed by atoms with E-state index in [0.29, 0.717) is 27.9 Å². The van der Waals surface area contributed by atoms with Crippen LogP contribution in [0.1, 0.15) is 36.7 Å². The van der Waals surface area contributed by atoms with Crippen molar-refractivity contribution in [2.24, 2.45) is 0 Å².